The number of nitrogens with one attached hydrogen (secondary N) is 1. The van der Waals surface area contributed by atoms with Crippen molar-refractivity contribution < 1.29 is 27.2 Å². The summed E-state index contributed by atoms with van der Waals surface area (Å²) >= 11 is 0. The highest BCUT2D eigenvalue weighted by Crippen LogP contribution is 2.31. The van der Waals surface area contributed by atoms with Gasteiger partial charge in [0, 0.05) is 33.5 Å². The van der Waals surface area contributed by atoms with Gasteiger partial charge in [-0.2, -0.15) is 23.5 Å². The van der Waals surface area contributed by atoms with Gasteiger partial charge in [-0.15, -0.1) is 0 Å². The Bertz CT molecular complexity index is 1920. The third kappa shape index (κ3) is 6.91. The fourth-order valence-electron chi connectivity index (χ4n) is 6.21. The molecule has 2 aromatic heterocycles. The maximum absolute atomic E-state index is 14.1. The number of rotatable bonds is 8. The molecule has 14 heteroatoms. The predicted molar refractivity (Wildman–Crippen MR) is 172 cm³/mol. The van der Waals surface area contributed by atoms with E-state index >= 15 is 0 Å². The first-order chi connectivity index (χ1) is 22.6. The van der Waals surface area contributed by atoms with Crippen molar-refractivity contribution in [3.05, 3.63) is 87.8 Å². The minimum absolute atomic E-state index is 0.0627. The van der Waals surface area contributed by atoms with Crippen LogP contribution in [0.2, 0.25) is 0 Å². The molecule has 0 spiro atoms. The molecule has 1 atom stereocenters. The van der Waals surface area contributed by atoms with Gasteiger partial charge in [-0.1, -0.05) is 6.07 Å². The molecule has 1 fully saturated rings. The smallest absolute Gasteiger partial charge is 0.344 e. The molecule has 0 aliphatic carbocycles. The number of carbonyl (C=O) groups is 2. The van der Waals surface area contributed by atoms with Gasteiger partial charge >= 0.3 is 6.18 Å². The van der Waals surface area contributed by atoms with Crippen LogP contribution in [0.15, 0.2) is 65.6 Å². The monoisotopic (exact) mass is 663 g/mol. The van der Waals surface area contributed by atoms with Crippen LogP contribution in [0.4, 0.5) is 13.2 Å². The number of alkyl halides is 3. The van der Waals surface area contributed by atoms with Gasteiger partial charge in [-0.25, -0.2) is 9.36 Å². The number of hydrogen-bond acceptors (Lipinski definition) is 5. The molecule has 11 nitrogen and oxygen atoms in total. The van der Waals surface area contributed by atoms with Gasteiger partial charge in [-0.3, -0.25) is 19.1 Å². The van der Waals surface area contributed by atoms with Crippen LogP contribution >= 0.6 is 0 Å². The average Bonchev–Trinajstić information content (AvgIpc) is 3.62. The first-order valence-electron chi connectivity index (χ1n) is 15.5. The minimum Gasteiger partial charge on any atom is -0.344 e. The van der Waals surface area contributed by atoms with Crippen molar-refractivity contribution in [1.29, 1.82) is 5.26 Å². The minimum atomic E-state index is -4.67. The van der Waals surface area contributed by atoms with Crippen molar-refractivity contribution in [3.63, 3.8) is 0 Å². The first-order valence-corrected chi connectivity index (χ1v) is 15.5. The highest BCUT2D eigenvalue weighted by molar-refractivity contribution is 6.02. The van der Waals surface area contributed by atoms with E-state index in [-0.39, 0.29) is 28.5 Å². The molecule has 1 aliphatic rings. The summed E-state index contributed by atoms with van der Waals surface area (Å²) in [6.45, 7) is 4.08. The second-order valence-electron chi connectivity index (χ2n) is 12.9. The number of carbonyl (C=O) groups excluding carboxylic acids is 2. The fourth-order valence-corrected chi connectivity index (χ4v) is 6.21. The van der Waals surface area contributed by atoms with Crippen molar-refractivity contribution in [2.75, 3.05) is 40.8 Å². The molecule has 4 aromatic rings. The fraction of sp³-hybridized carbons (Fsp3) is 0.382. The van der Waals surface area contributed by atoms with Gasteiger partial charge in [0.2, 0.25) is 5.91 Å². The summed E-state index contributed by atoms with van der Waals surface area (Å²) in [5, 5.41) is 16.3. The van der Waals surface area contributed by atoms with E-state index < -0.39 is 29.2 Å². The molecule has 2 aromatic carbocycles. The second-order valence-corrected chi connectivity index (χ2v) is 12.9. The van der Waals surface area contributed by atoms with Gasteiger partial charge in [0.15, 0.2) is 0 Å². The van der Waals surface area contributed by atoms with Crippen molar-refractivity contribution in [3.8, 4) is 28.8 Å². The summed E-state index contributed by atoms with van der Waals surface area (Å²) < 4.78 is 45.6. The molecule has 0 unspecified atom stereocenters. The summed E-state index contributed by atoms with van der Waals surface area (Å²) in [6.07, 6.45) is -1.27. The first kappa shape index (κ1) is 34.2. The summed E-state index contributed by atoms with van der Waals surface area (Å²) in [5.74, 6) is -0.869. The molecule has 0 radical (unpaired) electrons. The van der Waals surface area contributed by atoms with Crippen LogP contribution in [-0.2, 0) is 18.0 Å². The molecular formula is C34H38F3N8O3+. The van der Waals surface area contributed by atoms with Crippen LogP contribution in [0.1, 0.15) is 41.3 Å². The van der Waals surface area contributed by atoms with Crippen LogP contribution in [0.5, 0.6) is 0 Å². The zero-order chi connectivity index (χ0) is 35.0. The topological polar surface area (TPSA) is 118 Å². The number of hydrogen-bond donors (Lipinski definition) is 1. The molecule has 0 saturated carbocycles. The van der Waals surface area contributed by atoms with Crippen LogP contribution in [0.25, 0.3) is 22.8 Å². The quantitative estimate of drug-likeness (QED) is 0.286. The van der Waals surface area contributed by atoms with E-state index in [2.05, 4.69) is 24.5 Å². The van der Waals surface area contributed by atoms with E-state index in [0.29, 0.717) is 23.7 Å². The molecule has 0 bridgehead atoms. The number of piperidine rings is 1. The van der Waals surface area contributed by atoms with Crippen LogP contribution in [0, 0.1) is 17.2 Å². The van der Waals surface area contributed by atoms with Crippen LogP contribution in [-0.4, -0.2) is 87.2 Å². The van der Waals surface area contributed by atoms with Crippen molar-refractivity contribution >= 4 is 11.8 Å². The highest BCUT2D eigenvalue weighted by Gasteiger charge is 2.34. The molecule has 3 heterocycles. The zero-order valence-electron chi connectivity index (χ0n) is 27.5. The number of nitriles is 1. The number of benzene rings is 2. The Labute approximate surface area is 276 Å². The Kier molecular flexibility index (Phi) is 9.37. The third-order valence-electron chi connectivity index (χ3n) is 8.95. The van der Waals surface area contributed by atoms with Crippen molar-refractivity contribution in [2.45, 2.75) is 32.0 Å². The van der Waals surface area contributed by atoms with E-state index in [1.54, 1.807) is 42.3 Å². The largest absolute Gasteiger partial charge is 0.416 e. The Balaban J connectivity index is 1.53. The van der Waals surface area contributed by atoms with E-state index in [1.807, 2.05) is 6.07 Å². The summed E-state index contributed by atoms with van der Waals surface area (Å²) in [7, 11) is 7.50. The summed E-state index contributed by atoms with van der Waals surface area (Å²) in [4.78, 5) is 43.0. The van der Waals surface area contributed by atoms with Gasteiger partial charge in [-0.05, 0) is 61.4 Å². The van der Waals surface area contributed by atoms with Crippen molar-refractivity contribution in [2.24, 2.45) is 13.0 Å². The Morgan fingerprint density at radius 1 is 1.10 bits per heavy atom. The molecule has 1 saturated heterocycles. The van der Waals surface area contributed by atoms with E-state index in [1.165, 1.54) is 41.7 Å². The highest BCUT2D eigenvalue weighted by atomic mass is 19.4. The lowest BCUT2D eigenvalue weighted by Gasteiger charge is -2.38. The number of halogens is 3. The van der Waals surface area contributed by atoms with Crippen LogP contribution < -0.4 is 10.9 Å². The molecule has 5 rings (SSSR count). The summed E-state index contributed by atoms with van der Waals surface area (Å²) in [6, 6.07) is 13.3. The van der Waals surface area contributed by atoms with E-state index in [0.717, 1.165) is 47.2 Å². The number of aromatic nitrogens is 4. The third-order valence-corrected chi connectivity index (χ3v) is 8.95. The van der Waals surface area contributed by atoms with Gasteiger partial charge in [0.05, 0.1) is 67.6 Å². The van der Waals surface area contributed by atoms with Gasteiger partial charge < -0.3 is 14.7 Å². The maximum atomic E-state index is 14.1. The molecule has 1 aliphatic heterocycles. The lowest BCUT2D eigenvalue weighted by Crippen LogP contribution is -2.50. The van der Waals surface area contributed by atoms with Gasteiger partial charge in [0.25, 0.3) is 11.5 Å². The number of amides is 2. The number of likely N-dealkylation sites (N-methyl/N-ethyl adjacent to an activating group) is 1. The SMILES string of the molecule is C[C@H](NC(=O)c1c(-c2ccnn2-c2ccc(C#N)cc2)n(C)n(-c2cccc(C(F)(F)F)c2)c1=O)C(=O)N(C)CC1CC[N+](C)(C)CC1. The predicted octanol–water partition coefficient (Wildman–Crippen LogP) is 3.98. The maximum Gasteiger partial charge on any atom is 0.416 e. The Morgan fingerprint density at radius 3 is 2.40 bits per heavy atom. The normalized spacial score (nSPS) is 15.5. The number of quaternary nitrogens is 1. The van der Waals surface area contributed by atoms with Crippen molar-refractivity contribution in [1.82, 2.24) is 29.4 Å². The van der Waals surface area contributed by atoms with Crippen LogP contribution in [0.3, 0.4) is 0 Å². The number of nitrogens with zero attached hydrogens (tertiary/aromatic N) is 7. The average molecular weight is 664 g/mol. The molecule has 1 N–H and O–H groups in total. The summed E-state index contributed by atoms with van der Waals surface area (Å²) in [5.41, 5.74) is -1.07. The zero-order valence-corrected chi connectivity index (χ0v) is 27.5. The van der Waals surface area contributed by atoms with E-state index in [9.17, 15) is 32.8 Å². The van der Waals surface area contributed by atoms with Gasteiger partial charge in [0.1, 0.15) is 17.3 Å². The molecule has 252 valence electrons. The Hall–Kier alpha value is -5.16. The Morgan fingerprint density at radius 2 is 1.77 bits per heavy atom. The number of likely N-dealkylation sites (tertiary alicyclic amines) is 1. The molecular weight excluding hydrogens is 625 g/mol. The lowest BCUT2D eigenvalue weighted by molar-refractivity contribution is -0.896. The standard InChI is InChI=1S/C34H37F3N8O3/c1-22(32(47)41(2)21-24-14-17-45(4,5)18-15-24)40-31(46)29-30(28-13-16-39-43(28)26-11-9-23(20-38)10-12-26)42(3)44(33(29)48)27-8-6-7-25(19-27)34(35,36)37/h6-13,16,19,22,24H,14-15,17-18,21H2,1-5H3/p+1/t22-/m0/s1. The molecule has 2 amide bonds. The molecule has 48 heavy (non-hydrogen) atoms. The van der Waals surface area contributed by atoms with E-state index in [4.69, 9.17) is 0 Å². The second kappa shape index (κ2) is 13.2. The lowest BCUT2D eigenvalue weighted by atomic mass is 9.95.